The summed E-state index contributed by atoms with van der Waals surface area (Å²) in [5.41, 5.74) is 1.79. The molecule has 0 heterocycles. The second-order valence-corrected chi connectivity index (χ2v) is 12.9. The molecule has 9 atom stereocenters. The van der Waals surface area contributed by atoms with Crippen LogP contribution in [-0.4, -0.2) is 23.3 Å². The van der Waals surface area contributed by atoms with Gasteiger partial charge in [0.1, 0.15) is 6.10 Å². The molecule has 3 fully saturated rings. The van der Waals surface area contributed by atoms with Crippen LogP contribution >= 0.6 is 0 Å². The maximum absolute atomic E-state index is 11.8. The van der Waals surface area contributed by atoms with Crippen LogP contribution in [0.5, 0.6) is 0 Å². The Kier molecular flexibility index (Phi) is 6.90. The summed E-state index contributed by atoms with van der Waals surface area (Å²) in [4.78, 5) is 11.8. The third-order valence-electron chi connectivity index (χ3n) is 10.6. The summed E-state index contributed by atoms with van der Waals surface area (Å²) in [5, 5.41) is 10.6. The van der Waals surface area contributed by atoms with Crippen molar-refractivity contribution in [2.75, 3.05) is 0 Å². The number of hydrogen-bond acceptors (Lipinski definition) is 3. The molecule has 0 radical (unpaired) electrons. The average molecular weight is 445 g/mol. The molecule has 3 saturated carbocycles. The van der Waals surface area contributed by atoms with Gasteiger partial charge in [-0.1, -0.05) is 60.0 Å². The Balaban J connectivity index is 1.53. The van der Waals surface area contributed by atoms with Crippen molar-refractivity contribution in [1.82, 2.24) is 0 Å². The van der Waals surface area contributed by atoms with Crippen LogP contribution in [0.4, 0.5) is 0 Å². The summed E-state index contributed by atoms with van der Waals surface area (Å²) in [6.07, 6.45) is 13.9. The molecule has 0 aliphatic heterocycles. The lowest BCUT2D eigenvalue weighted by Crippen LogP contribution is -2.54. The van der Waals surface area contributed by atoms with Gasteiger partial charge in [0.15, 0.2) is 0 Å². The fourth-order valence-corrected chi connectivity index (χ4v) is 9.04. The number of rotatable bonds is 6. The summed E-state index contributed by atoms with van der Waals surface area (Å²) >= 11 is 0. The molecule has 0 aromatic rings. The maximum Gasteiger partial charge on any atom is 0.303 e. The minimum atomic E-state index is -0.550. The molecule has 0 unspecified atom stereocenters. The molecule has 4 aliphatic carbocycles. The normalized spacial score (nSPS) is 44.3. The lowest BCUT2D eigenvalue weighted by atomic mass is 9.46. The van der Waals surface area contributed by atoms with Crippen LogP contribution in [0.2, 0.25) is 0 Å². The molecule has 0 saturated heterocycles. The molecule has 182 valence electrons. The van der Waals surface area contributed by atoms with Gasteiger partial charge in [-0.3, -0.25) is 4.79 Å². The highest BCUT2D eigenvalue weighted by molar-refractivity contribution is 5.66. The standard InChI is InChI=1S/C29H48O3/c1-18(2)8-7-9-19(3)22-12-13-23-21-10-11-25-27(32-20(4)30)26(31)15-17-29(25,6)24(21)14-16-28(22,23)5/h11,18-19,21-24,26-27,31H,7-10,12-17H2,1-6H3/t19-,21-,22+,23-,24-,26-,27-,28+,29+/m0/s1. The Bertz CT molecular complexity index is 726. The molecular weight excluding hydrogens is 396 g/mol. The zero-order valence-electron chi connectivity index (χ0n) is 21.5. The van der Waals surface area contributed by atoms with Crippen molar-refractivity contribution in [3.8, 4) is 0 Å². The number of allylic oxidation sites excluding steroid dienone is 1. The Morgan fingerprint density at radius 1 is 1.09 bits per heavy atom. The largest absolute Gasteiger partial charge is 0.455 e. The Labute approximate surface area is 196 Å². The molecule has 0 bridgehead atoms. The highest BCUT2D eigenvalue weighted by Crippen LogP contribution is 2.67. The quantitative estimate of drug-likeness (QED) is 0.357. The summed E-state index contributed by atoms with van der Waals surface area (Å²) < 4.78 is 5.67. The number of ether oxygens (including phenoxy) is 1. The molecule has 0 amide bonds. The van der Waals surface area contributed by atoms with E-state index in [1.54, 1.807) is 0 Å². The van der Waals surface area contributed by atoms with Crippen molar-refractivity contribution in [1.29, 1.82) is 0 Å². The van der Waals surface area contributed by atoms with Gasteiger partial charge in [-0.15, -0.1) is 0 Å². The van der Waals surface area contributed by atoms with E-state index >= 15 is 0 Å². The monoisotopic (exact) mass is 444 g/mol. The Morgan fingerprint density at radius 3 is 2.53 bits per heavy atom. The molecule has 1 N–H and O–H groups in total. The van der Waals surface area contributed by atoms with Crippen molar-refractivity contribution in [3.63, 3.8) is 0 Å². The zero-order chi connectivity index (χ0) is 23.3. The summed E-state index contributed by atoms with van der Waals surface area (Å²) in [5.74, 6) is 4.50. The molecule has 0 aromatic carbocycles. The van der Waals surface area contributed by atoms with E-state index in [9.17, 15) is 9.90 Å². The van der Waals surface area contributed by atoms with Crippen molar-refractivity contribution in [2.24, 2.45) is 46.3 Å². The molecule has 32 heavy (non-hydrogen) atoms. The van der Waals surface area contributed by atoms with E-state index in [1.165, 1.54) is 57.4 Å². The average Bonchev–Trinajstić information content (AvgIpc) is 3.07. The van der Waals surface area contributed by atoms with Gasteiger partial charge in [-0.2, -0.15) is 0 Å². The van der Waals surface area contributed by atoms with E-state index in [-0.39, 0.29) is 11.4 Å². The van der Waals surface area contributed by atoms with Gasteiger partial charge >= 0.3 is 5.97 Å². The summed E-state index contributed by atoms with van der Waals surface area (Å²) in [6.45, 7) is 13.8. The third kappa shape index (κ3) is 4.10. The van der Waals surface area contributed by atoms with E-state index < -0.39 is 12.2 Å². The molecule has 3 heteroatoms. The van der Waals surface area contributed by atoms with Gasteiger partial charge in [-0.05, 0) is 96.9 Å². The molecule has 0 spiro atoms. The van der Waals surface area contributed by atoms with E-state index in [0.717, 1.165) is 48.9 Å². The fraction of sp³-hybridized carbons (Fsp3) is 0.897. The van der Waals surface area contributed by atoms with E-state index in [2.05, 4.69) is 40.7 Å². The smallest absolute Gasteiger partial charge is 0.303 e. The topological polar surface area (TPSA) is 46.5 Å². The number of carbonyl (C=O) groups is 1. The van der Waals surface area contributed by atoms with Crippen molar-refractivity contribution in [3.05, 3.63) is 11.6 Å². The highest BCUT2D eigenvalue weighted by atomic mass is 16.6. The summed E-state index contributed by atoms with van der Waals surface area (Å²) in [6, 6.07) is 0. The third-order valence-corrected chi connectivity index (χ3v) is 10.6. The first-order chi connectivity index (χ1) is 15.1. The predicted molar refractivity (Wildman–Crippen MR) is 130 cm³/mol. The molecule has 0 aromatic heterocycles. The van der Waals surface area contributed by atoms with Crippen LogP contribution in [0.15, 0.2) is 11.6 Å². The first kappa shape index (κ1) is 24.3. The van der Waals surface area contributed by atoms with Gasteiger partial charge in [-0.25, -0.2) is 0 Å². The first-order valence-corrected chi connectivity index (χ1v) is 13.6. The Morgan fingerprint density at radius 2 is 1.84 bits per heavy atom. The van der Waals surface area contributed by atoms with Crippen LogP contribution in [0.3, 0.4) is 0 Å². The lowest BCUT2D eigenvalue weighted by molar-refractivity contribution is -0.155. The van der Waals surface area contributed by atoms with Crippen LogP contribution < -0.4 is 0 Å². The molecule has 3 nitrogen and oxygen atoms in total. The number of carbonyl (C=O) groups excluding carboxylic acids is 1. The minimum Gasteiger partial charge on any atom is -0.455 e. The van der Waals surface area contributed by atoms with Crippen LogP contribution in [-0.2, 0) is 9.53 Å². The van der Waals surface area contributed by atoms with Crippen molar-refractivity contribution >= 4 is 5.97 Å². The van der Waals surface area contributed by atoms with Gasteiger partial charge < -0.3 is 9.84 Å². The first-order valence-electron chi connectivity index (χ1n) is 13.6. The second kappa shape index (κ2) is 9.08. The highest BCUT2D eigenvalue weighted by Gasteiger charge is 2.60. The Hall–Kier alpha value is -0.830. The minimum absolute atomic E-state index is 0.0740. The van der Waals surface area contributed by atoms with E-state index in [1.807, 2.05) is 0 Å². The van der Waals surface area contributed by atoms with Gasteiger partial charge in [0.25, 0.3) is 0 Å². The zero-order valence-corrected chi connectivity index (χ0v) is 21.5. The number of fused-ring (bicyclic) bond motifs is 5. The number of aliphatic hydroxyl groups is 1. The molecule has 4 aliphatic rings. The summed E-state index contributed by atoms with van der Waals surface area (Å²) in [7, 11) is 0. The molecular formula is C29H48O3. The number of esters is 1. The van der Waals surface area contributed by atoms with Gasteiger partial charge in [0.2, 0.25) is 0 Å². The van der Waals surface area contributed by atoms with Crippen LogP contribution in [0, 0.1) is 46.3 Å². The van der Waals surface area contributed by atoms with Crippen molar-refractivity contribution < 1.29 is 14.6 Å². The maximum atomic E-state index is 11.8. The van der Waals surface area contributed by atoms with Gasteiger partial charge in [0.05, 0.1) is 6.10 Å². The SMILES string of the molecule is CC(=O)O[C@H]1C2=CC[C@H]3[C@@H]4CC[C@H]([C@@H](C)CCCC(C)C)[C@@]4(C)CC[C@@H]3[C@@]2(C)CC[C@@H]1O. The van der Waals surface area contributed by atoms with E-state index in [0.29, 0.717) is 11.3 Å². The van der Waals surface area contributed by atoms with Crippen LogP contribution in [0.25, 0.3) is 0 Å². The number of aliphatic hydroxyl groups excluding tert-OH is 1. The van der Waals surface area contributed by atoms with Crippen molar-refractivity contribution in [2.45, 2.75) is 118 Å². The molecule has 4 rings (SSSR count). The number of hydrogen-bond donors (Lipinski definition) is 1. The lowest BCUT2D eigenvalue weighted by Gasteiger charge is -2.59. The second-order valence-electron chi connectivity index (χ2n) is 12.9. The fourth-order valence-electron chi connectivity index (χ4n) is 9.04. The van der Waals surface area contributed by atoms with E-state index in [4.69, 9.17) is 4.74 Å². The predicted octanol–water partition coefficient (Wildman–Crippen LogP) is 6.93. The van der Waals surface area contributed by atoms with Crippen LogP contribution in [0.1, 0.15) is 106 Å². The van der Waals surface area contributed by atoms with Gasteiger partial charge in [0, 0.05) is 6.92 Å².